The Balaban J connectivity index is 1.22. The van der Waals surface area contributed by atoms with Crippen LogP contribution in [0, 0.1) is 5.92 Å². The summed E-state index contributed by atoms with van der Waals surface area (Å²) in [6, 6.07) is 10.9. The maximum Gasteiger partial charge on any atom is 0.317 e. The van der Waals surface area contributed by atoms with Gasteiger partial charge in [0.25, 0.3) is 0 Å². The van der Waals surface area contributed by atoms with Gasteiger partial charge in [-0.25, -0.2) is 4.79 Å². The minimum absolute atomic E-state index is 0.102. The van der Waals surface area contributed by atoms with E-state index in [4.69, 9.17) is 9.47 Å². The summed E-state index contributed by atoms with van der Waals surface area (Å²) in [5, 5.41) is 3.23. The van der Waals surface area contributed by atoms with E-state index in [0.717, 1.165) is 51.6 Å². The summed E-state index contributed by atoms with van der Waals surface area (Å²) in [4.78, 5) is 14.6. The van der Waals surface area contributed by atoms with Crippen molar-refractivity contribution < 1.29 is 14.3 Å². The monoisotopic (exact) mass is 344 g/mol. The number of carbonyl (C=O) groups is 1. The second kappa shape index (κ2) is 7.34. The van der Waals surface area contributed by atoms with E-state index in [2.05, 4.69) is 29.6 Å². The van der Waals surface area contributed by atoms with Gasteiger partial charge in [0.1, 0.15) is 0 Å². The van der Waals surface area contributed by atoms with Crippen LogP contribution in [0.25, 0.3) is 0 Å². The van der Waals surface area contributed by atoms with E-state index < -0.39 is 0 Å². The molecule has 0 unspecified atom stereocenters. The van der Waals surface area contributed by atoms with E-state index >= 15 is 0 Å². The van der Waals surface area contributed by atoms with Gasteiger partial charge in [0.15, 0.2) is 5.79 Å². The van der Waals surface area contributed by atoms with Crippen molar-refractivity contribution in [2.24, 2.45) is 5.92 Å². The Morgan fingerprint density at radius 3 is 2.56 bits per heavy atom. The molecule has 5 nitrogen and oxygen atoms in total. The third kappa shape index (κ3) is 3.98. The minimum Gasteiger partial charge on any atom is -0.348 e. The first kappa shape index (κ1) is 16.9. The van der Waals surface area contributed by atoms with E-state index in [1.54, 1.807) is 0 Å². The zero-order chi connectivity index (χ0) is 17.1. The molecule has 2 amide bonds. The molecule has 1 aromatic carbocycles. The molecule has 3 aliphatic rings. The Labute approximate surface area is 149 Å². The van der Waals surface area contributed by atoms with Crippen molar-refractivity contribution in [3.05, 3.63) is 35.9 Å². The van der Waals surface area contributed by atoms with Crippen LogP contribution in [-0.2, 0) is 15.9 Å². The van der Waals surface area contributed by atoms with Crippen molar-refractivity contribution in [2.45, 2.75) is 50.4 Å². The van der Waals surface area contributed by atoms with E-state index in [1.807, 2.05) is 11.0 Å². The topological polar surface area (TPSA) is 50.8 Å². The lowest BCUT2D eigenvalue weighted by atomic mass is 9.90. The molecule has 1 aliphatic carbocycles. The highest BCUT2D eigenvalue weighted by molar-refractivity contribution is 5.74. The minimum atomic E-state index is -0.352. The molecule has 4 rings (SSSR count). The average molecular weight is 344 g/mol. The van der Waals surface area contributed by atoms with Crippen molar-refractivity contribution >= 4 is 6.03 Å². The molecular formula is C20H28N2O3. The molecule has 1 spiro atoms. The first-order valence-electron chi connectivity index (χ1n) is 9.60. The van der Waals surface area contributed by atoms with Gasteiger partial charge in [0, 0.05) is 32.0 Å². The van der Waals surface area contributed by atoms with Crippen LogP contribution in [0.1, 0.15) is 37.7 Å². The Morgan fingerprint density at radius 2 is 1.84 bits per heavy atom. The number of urea groups is 1. The van der Waals surface area contributed by atoms with Crippen LogP contribution in [0.4, 0.5) is 4.79 Å². The molecule has 1 N–H and O–H groups in total. The summed E-state index contributed by atoms with van der Waals surface area (Å²) < 4.78 is 11.5. The number of nitrogens with one attached hydrogen (secondary N) is 1. The second-order valence-electron chi connectivity index (χ2n) is 7.62. The van der Waals surface area contributed by atoms with Gasteiger partial charge in [-0.3, -0.25) is 0 Å². The summed E-state index contributed by atoms with van der Waals surface area (Å²) in [6.07, 6.45) is 5.80. The van der Waals surface area contributed by atoms with Crippen LogP contribution in [0.3, 0.4) is 0 Å². The highest BCUT2D eigenvalue weighted by Gasteiger charge is 2.41. The molecule has 0 radical (unpaired) electrons. The largest absolute Gasteiger partial charge is 0.348 e. The van der Waals surface area contributed by atoms with Crippen molar-refractivity contribution in [2.75, 3.05) is 26.3 Å². The number of hydrogen-bond donors (Lipinski definition) is 1. The highest BCUT2D eigenvalue weighted by Crippen LogP contribution is 2.35. The Hall–Kier alpha value is -1.59. The highest BCUT2D eigenvalue weighted by atomic mass is 16.7. The van der Waals surface area contributed by atoms with Crippen LogP contribution >= 0.6 is 0 Å². The number of carbonyl (C=O) groups excluding carboxylic acids is 1. The zero-order valence-electron chi connectivity index (χ0n) is 14.8. The van der Waals surface area contributed by atoms with Crippen LogP contribution in [0.15, 0.2) is 30.3 Å². The Morgan fingerprint density at radius 1 is 1.12 bits per heavy atom. The molecule has 1 atom stereocenters. The van der Waals surface area contributed by atoms with E-state index in [-0.39, 0.29) is 17.9 Å². The molecule has 1 saturated carbocycles. The molecule has 5 heteroatoms. The average Bonchev–Trinajstić information content (AvgIpc) is 3.28. The molecule has 3 fully saturated rings. The first-order chi connectivity index (χ1) is 12.2. The smallest absolute Gasteiger partial charge is 0.317 e. The van der Waals surface area contributed by atoms with Gasteiger partial charge >= 0.3 is 6.03 Å². The lowest BCUT2D eigenvalue weighted by Crippen LogP contribution is -2.48. The van der Waals surface area contributed by atoms with Crippen molar-refractivity contribution in [3.8, 4) is 0 Å². The van der Waals surface area contributed by atoms with Crippen LogP contribution in [0.2, 0.25) is 0 Å². The van der Waals surface area contributed by atoms with Crippen molar-refractivity contribution in [3.63, 3.8) is 0 Å². The first-order valence-corrected chi connectivity index (χ1v) is 9.60. The van der Waals surface area contributed by atoms with Gasteiger partial charge in [-0.15, -0.1) is 0 Å². The fourth-order valence-corrected chi connectivity index (χ4v) is 4.38. The molecule has 2 aliphatic heterocycles. The SMILES string of the molecule is O=C(NC1CCC2(CC1)OCCO2)N1CC[C@H](Cc2ccccc2)C1. The lowest BCUT2D eigenvalue weighted by molar-refractivity contribution is -0.179. The second-order valence-corrected chi connectivity index (χ2v) is 7.62. The van der Waals surface area contributed by atoms with Crippen LogP contribution in [-0.4, -0.2) is 49.1 Å². The predicted molar refractivity (Wildman–Crippen MR) is 95.2 cm³/mol. The number of nitrogens with zero attached hydrogens (tertiary/aromatic N) is 1. The van der Waals surface area contributed by atoms with Gasteiger partial charge in [-0.1, -0.05) is 30.3 Å². The van der Waals surface area contributed by atoms with E-state index in [0.29, 0.717) is 19.1 Å². The molecule has 0 bridgehead atoms. The van der Waals surface area contributed by atoms with Gasteiger partial charge < -0.3 is 19.7 Å². The van der Waals surface area contributed by atoms with Gasteiger partial charge in [-0.05, 0) is 37.2 Å². The van der Waals surface area contributed by atoms with Crippen LogP contribution < -0.4 is 5.32 Å². The quantitative estimate of drug-likeness (QED) is 0.917. The van der Waals surface area contributed by atoms with Gasteiger partial charge in [0.05, 0.1) is 13.2 Å². The molecular weight excluding hydrogens is 316 g/mol. The molecule has 136 valence electrons. The summed E-state index contributed by atoms with van der Waals surface area (Å²) in [5.41, 5.74) is 1.36. The molecule has 0 aromatic heterocycles. The summed E-state index contributed by atoms with van der Waals surface area (Å²) in [7, 11) is 0. The zero-order valence-corrected chi connectivity index (χ0v) is 14.8. The molecule has 2 heterocycles. The third-order valence-electron chi connectivity index (χ3n) is 5.83. The molecule has 2 saturated heterocycles. The fourth-order valence-electron chi connectivity index (χ4n) is 4.38. The summed E-state index contributed by atoms with van der Waals surface area (Å²) in [6.45, 7) is 3.14. The normalized spacial score (nSPS) is 26.2. The van der Waals surface area contributed by atoms with Gasteiger partial charge in [0.2, 0.25) is 0 Å². The Bertz CT molecular complexity index is 576. The van der Waals surface area contributed by atoms with Gasteiger partial charge in [-0.2, -0.15) is 0 Å². The number of likely N-dealkylation sites (tertiary alicyclic amines) is 1. The Kier molecular flexibility index (Phi) is 4.95. The van der Waals surface area contributed by atoms with Crippen molar-refractivity contribution in [1.29, 1.82) is 0 Å². The molecule has 1 aromatic rings. The number of amides is 2. The maximum atomic E-state index is 12.6. The number of rotatable bonds is 3. The van der Waals surface area contributed by atoms with Crippen LogP contribution in [0.5, 0.6) is 0 Å². The number of benzene rings is 1. The standard InChI is InChI=1S/C20H28N2O3/c23-19(21-18-6-9-20(10-7-18)24-12-13-25-20)22-11-8-17(15-22)14-16-4-2-1-3-5-16/h1-5,17-18H,6-15H2,(H,21,23)/t17-/m1/s1. The predicted octanol–water partition coefficient (Wildman–Crippen LogP) is 2.95. The number of ether oxygens (including phenoxy) is 2. The van der Waals surface area contributed by atoms with E-state index in [1.165, 1.54) is 5.56 Å². The summed E-state index contributed by atoms with van der Waals surface area (Å²) >= 11 is 0. The lowest BCUT2D eigenvalue weighted by Gasteiger charge is -2.36. The summed E-state index contributed by atoms with van der Waals surface area (Å²) in [5.74, 6) is 0.221. The van der Waals surface area contributed by atoms with Crippen molar-refractivity contribution in [1.82, 2.24) is 10.2 Å². The maximum absolute atomic E-state index is 12.6. The third-order valence-corrected chi connectivity index (χ3v) is 5.83. The fraction of sp³-hybridized carbons (Fsp3) is 0.650. The molecule has 25 heavy (non-hydrogen) atoms. The number of hydrogen-bond acceptors (Lipinski definition) is 3. The van der Waals surface area contributed by atoms with E-state index in [9.17, 15) is 4.79 Å².